The number of fused-ring (bicyclic) bond motifs is 6. The number of nitrogens with zero attached hydrogens (tertiary/aromatic N) is 3. The van der Waals surface area contributed by atoms with E-state index in [2.05, 4.69) is 27.3 Å². The molecule has 0 atom stereocenters. The summed E-state index contributed by atoms with van der Waals surface area (Å²) in [4.78, 5) is 33.2. The fourth-order valence-corrected chi connectivity index (χ4v) is 5.18. The van der Waals surface area contributed by atoms with E-state index < -0.39 is 5.41 Å². The number of hydrogen-bond donors (Lipinski definition) is 2. The fourth-order valence-electron chi connectivity index (χ4n) is 5.18. The Balaban J connectivity index is 1.65. The van der Waals surface area contributed by atoms with E-state index in [0.717, 1.165) is 52.8 Å². The molecular formula is C24H29N5O2. The molecule has 7 heteroatoms. The molecule has 2 aromatic heterocycles. The summed E-state index contributed by atoms with van der Waals surface area (Å²) in [5.74, 6) is -0.0347. The Morgan fingerprint density at radius 2 is 2.00 bits per heavy atom. The van der Waals surface area contributed by atoms with Gasteiger partial charge in [0.2, 0.25) is 11.8 Å². The number of likely N-dealkylation sites (N-methyl/N-ethyl adjacent to an activating group) is 1. The average Bonchev–Trinajstić information content (AvgIpc) is 3.36. The molecule has 5 rings (SSSR count). The highest BCUT2D eigenvalue weighted by Crippen LogP contribution is 2.45. The van der Waals surface area contributed by atoms with Gasteiger partial charge in [0.15, 0.2) is 0 Å². The predicted octanol–water partition coefficient (Wildman–Crippen LogP) is 3.54. The van der Waals surface area contributed by atoms with Crippen molar-refractivity contribution in [1.82, 2.24) is 20.1 Å². The van der Waals surface area contributed by atoms with E-state index in [1.54, 1.807) is 9.80 Å². The number of benzene rings is 1. The second kappa shape index (κ2) is 6.97. The minimum absolute atomic E-state index is 0.0173. The molecule has 31 heavy (non-hydrogen) atoms. The second-order valence-corrected chi connectivity index (χ2v) is 9.09. The van der Waals surface area contributed by atoms with E-state index in [0.29, 0.717) is 13.1 Å². The van der Waals surface area contributed by atoms with Gasteiger partial charge in [-0.05, 0) is 75.8 Å². The molecule has 3 aromatic rings. The highest BCUT2D eigenvalue weighted by molar-refractivity contribution is 6.12. The first-order valence-corrected chi connectivity index (χ1v) is 11.2. The number of aromatic nitrogens is 3. The molecule has 1 aliphatic heterocycles. The Labute approximate surface area is 181 Å². The molecule has 0 bridgehead atoms. The van der Waals surface area contributed by atoms with Gasteiger partial charge in [-0.1, -0.05) is 0 Å². The third-order valence-corrected chi connectivity index (χ3v) is 7.00. The van der Waals surface area contributed by atoms with Crippen LogP contribution < -0.4 is 4.90 Å². The van der Waals surface area contributed by atoms with Crippen molar-refractivity contribution in [3.8, 4) is 11.4 Å². The van der Waals surface area contributed by atoms with Gasteiger partial charge in [-0.2, -0.15) is 5.10 Å². The Kier molecular flexibility index (Phi) is 4.46. The molecule has 3 heterocycles. The highest BCUT2D eigenvalue weighted by Gasteiger charge is 2.45. The molecule has 0 radical (unpaired) electrons. The predicted molar refractivity (Wildman–Crippen MR) is 121 cm³/mol. The summed E-state index contributed by atoms with van der Waals surface area (Å²) in [5, 5.41) is 8.62. The number of aromatic amines is 2. The summed E-state index contributed by atoms with van der Waals surface area (Å²) in [6.07, 6.45) is 4.99. The molecule has 2 aliphatic rings. The van der Waals surface area contributed by atoms with Crippen LogP contribution in [0, 0.1) is 0 Å². The van der Waals surface area contributed by atoms with Gasteiger partial charge in [-0.3, -0.25) is 14.7 Å². The lowest BCUT2D eigenvalue weighted by Gasteiger charge is -2.24. The van der Waals surface area contributed by atoms with Crippen molar-refractivity contribution < 1.29 is 9.59 Å². The average molecular weight is 420 g/mol. The van der Waals surface area contributed by atoms with E-state index >= 15 is 0 Å². The number of carbonyl (C=O) groups is 2. The molecule has 162 valence electrons. The van der Waals surface area contributed by atoms with Crippen LogP contribution in [0.15, 0.2) is 18.3 Å². The zero-order valence-corrected chi connectivity index (χ0v) is 18.6. The molecule has 0 unspecified atom stereocenters. The molecule has 0 spiro atoms. The van der Waals surface area contributed by atoms with Crippen molar-refractivity contribution in [3.63, 3.8) is 0 Å². The zero-order chi connectivity index (χ0) is 21.9. The number of amides is 2. The van der Waals surface area contributed by atoms with E-state index in [9.17, 15) is 9.59 Å². The molecule has 2 amide bonds. The van der Waals surface area contributed by atoms with E-state index in [4.69, 9.17) is 0 Å². The normalized spacial score (nSPS) is 16.8. The minimum atomic E-state index is -0.674. The summed E-state index contributed by atoms with van der Waals surface area (Å²) in [5.41, 5.74) is 6.72. The zero-order valence-electron chi connectivity index (χ0n) is 18.6. The molecule has 0 fully saturated rings. The van der Waals surface area contributed by atoms with Crippen molar-refractivity contribution in [2.24, 2.45) is 0 Å². The Morgan fingerprint density at radius 3 is 2.74 bits per heavy atom. The number of carbonyl (C=O) groups excluding carboxylic acids is 2. The molecule has 0 saturated heterocycles. The molecule has 1 aliphatic carbocycles. The third-order valence-electron chi connectivity index (χ3n) is 7.00. The number of aryl methyl sites for hydroxylation is 2. The second-order valence-electron chi connectivity index (χ2n) is 9.09. The van der Waals surface area contributed by atoms with Crippen molar-refractivity contribution in [3.05, 3.63) is 35.0 Å². The maximum atomic E-state index is 13.3. The van der Waals surface area contributed by atoms with Crippen molar-refractivity contribution >= 4 is 28.4 Å². The van der Waals surface area contributed by atoms with Crippen LogP contribution in [0.1, 0.15) is 50.8 Å². The minimum Gasteiger partial charge on any atom is -0.353 e. The Morgan fingerprint density at radius 1 is 1.23 bits per heavy atom. The van der Waals surface area contributed by atoms with Crippen LogP contribution in [0.25, 0.3) is 22.3 Å². The van der Waals surface area contributed by atoms with Crippen LogP contribution >= 0.6 is 0 Å². The van der Waals surface area contributed by atoms with E-state index in [1.165, 1.54) is 11.1 Å². The van der Waals surface area contributed by atoms with Gasteiger partial charge in [0.05, 0.1) is 11.1 Å². The van der Waals surface area contributed by atoms with Crippen LogP contribution in [0.4, 0.5) is 5.69 Å². The number of H-pyrrole nitrogens is 2. The first-order valence-electron chi connectivity index (χ1n) is 11.2. The topological polar surface area (TPSA) is 85.1 Å². The standard InChI is InChI=1S/C24H29N5O2/c1-5-28(6-2)20(30)13-29-19-10-16-15-9-7-8-14-12-25-27-21(14)22(15)26-18(16)11-17(19)24(3,4)23(29)31/h10-12,26H,5-9,13H2,1-4H3,(H,25,27). The van der Waals surface area contributed by atoms with Crippen molar-refractivity contribution in [2.45, 2.75) is 52.4 Å². The first-order chi connectivity index (χ1) is 14.9. The van der Waals surface area contributed by atoms with Crippen LogP contribution in [-0.4, -0.2) is 51.5 Å². The molecular weight excluding hydrogens is 390 g/mol. The van der Waals surface area contributed by atoms with Crippen LogP contribution in [-0.2, 0) is 27.8 Å². The summed E-state index contributed by atoms with van der Waals surface area (Å²) in [6, 6.07) is 4.21. The summed E-state index contributed by atoms with van der Waals surface area (Å²) < 4.78 is 0. The smallest absolute Gasteiger partial charge is 0.242 e. The quantitative estimate of drug-likeness (QED) is 0.678. The van der Waals surface area contributed by atoms with Gasteiger partial charge in [-0.25, -0.2) is 0 Å². The Bertz CT molecular complexity index is 1200. The SMILES string of the molecule is CCN(CC)C(=O)CN1C(=O)C(C)(C)c2cc3[nH]c4c(c3cc21)CCCc1c[nH]nc1-4. The maximum absolute atomic E-state index is 13.3. The van der Waals surface area contributed by atoms with Gasteiger partial charge in [-0.15, -0.1) is 0 Å². The lowest BCUT2D eigenvalue weighted by molar-refractivity contribution is -0.131. The monoisotopic (exact) mass is 419 g/mol. The lowest BCUT2D eigenvalue weighted by atomic mass is 9.85. The van der Waals surface area contributed by atoms with Gasteiger partial charge in [0, 0.05) is 35.9 Å². The third kappa shape index (κ3) is 2.82. The number of hydrogen-bond acceptors (Lipinski definition) is 3. The molecule has 7 nitrogen and oxygen atoms in total. The largest absolute Gasteiger partial charge is 0.353 e. The van der Waals surface area contributed by atoms with E-state index in [1.807, 2.05) is 33.9 Å². The fraction of sp³-hybridized carbons (Fsp3) is 0.458. The summed E-state index contributed by atoms with van der Waals surface area (Å²) in [6.45, 7) is 9.19. The summed E-state index contributed by atoms with van der Waals surface area (Å²) in [7, 11) is 0. The Hall–Kier alpha value is -3.09. The molecule has 1 aromatic carbocycles. The van der Waals surface area contributed by atoms with Crippen molar-refractivity contribution in [1.29, 1.82) is 0 Å². The number of anilines is 1. The number of rotatable bonds is 4. The van der Waals surface area contributed by atoms with Gasteiger partial charge in [0.1, 0.15) is 12.2 Å². The van der Waals surface area contributed by atoms with Gasteiger partial charge in [0.25, 0.3) is 0 Å². The highest BCUT2D eigenvalue weighted by atomic mass is 16.2. The van der Waals surface area contributed by atoms with E-state index in [-0.39, 0.29) is 18.4 Å². The van der Waals surface area contributed by atoms with Crippen LogP contribution in [0.3, 0.4) is 0 Å². The maximum Gasteiger partial charge on any atom is 0.242 e. The summed E-state index contributed by atoms with van der Waals surface area (Å²) >= 11 is 0. The van der Waals surface area contributed by atoms with Crippen molar-refractivity contribution in [2.75, 3.05) is 24.5 Å². The number of nitrogens with one attached hydrogen (secondary N) is 2. The van der Waals surface area contributed by atoms with Gasteiger partial charge >= 0.3 is 0 Å². The molecule has 2 N–H and O–H groups in total. The molecule has 0 saturated carbocycles. The van der Waals surface area contributed by atoms with Gasteiger partial charge < -0.3 is 14.8 Å². The van der Waals surface area contributed by atoms with Crippen LogP contribution in [0.2, 0.25) is 0 Å². The lowest BCUT2D eigenvalue weighted by Crippen LogP contribution is -2.44. The van der Waals surface area contributed by atoms with Crippen LogP contribution in [0.5, 0.6) is 0 Å². The first kappa shape index (κ1) is 19.8.